The molecule has 1 unspecified atom stereocenters. The van der Waals surface area contributed by atoms with Gasteiger partial charge in [0.25, 0.3) is 0 Å². The first-order valence-electron chi connectivity index (χ1n) is 7.22. The molecule has 0 aliphatic carbocycles. The van der Waals surface area contributed by atoms with Gasteiger partial charge in [-0.1, -0.05) is 6.92 Å². The van der Waals surface area contributed by atoms with Gasteiger partial charge in [-0.05, 0) is 37.1 Å². The molecule has 0 bridgehead atoms. The van der Waals surface area contributed by atoms with Gasteiger partial charge < -0.3 is 10.1 Å². The summed E-state index contributed by atoms with van der Waals surface area (Å²) >= 11 is 0. The van der Waals surface area contributed by atoms with E-state index in [0.29, 0.717) is 0 Å². The molecule has 0 spiro atoms. The van der Waals surface area contributed by atoms with Crippen molar-refractivity contribution in [3.8, 4) is 0 Å². The number of anilines is 1. The molecule has 110 valence electrons. The van der Waals surface area contributed by atoms with Gasteiger partial charge >= 0.3 is 5.97 Å². The number of esters is 1. The number of nitrogens with zero attached hydrogens (tertiary/aromatic N) is 2. The summed E-state index contributed by atoms with van der Waals surface area (Å²) < 4.78 is 4.81. The molecule has 1 fully saturated rings. The van der Waals surface area contributed by atoms with Crippen molar-refractivity contribution in [1.82, 2.24) is 9.88 Å². The molecular weight excluding hydrogens is 254 g/mol. The summed E-state index contributed by atoms with van der Waals surface area (Å²) in [7, 11) is 1.46. The largest absolute Gasteiger partial charge is 0.469 e. The van der Waals surface area contributed by atoms with E-state index in [9.17, 15) is 4.79 Å². The number of ether oxygens (including phenoxy) is 1. The normalized spacial score (nSPS) is 19.0. The van der Waals surface area contributed by atoms with Crippen LogP contribution in [0.4, 0.5) is 5.82 Å². The Morgan fingerprint density at radius 1 is 1.60 bits per heavy atom. The van der Waals surface area contributed by atoms with Gasteiger partial charge in [0.1, 0.15) is 5.82 Å². The third kappa shape index (κ3) is 3.93. The number of nitrogens with one attached hydrogen (secondary N) is 1. The van der Waals surface area contributed by atoms with E-state index >= 15 is 0 Å². The zero-order chi connectivity index (χ0) is 14.4. The molecule has 0 saturated carbocycles. The van der Waals surface area contributed by atoms with Gasteiger partial charge in [-0.25, -0.2) is 4.98 Å². The molecule has 0 aromatic carbocycles. The molecule has 1 atom stereocenters. The van der Waals surface area contributed by atoms with Gasteiger partial charge in [-0.3, -0.25) is 9.69 Å². The Balaban J connectivity index is 1.89. The Morgan fingerprint density at radius 3 is 3.20 bits per heavy atom. The predicted octanol–water partition coefficient (Wildman–Crippen LogP) is 1.90. The van der Waals surface area contributed by atoms with Crippen LogP contribution in [0.1, 0.15) is 25.3 Å². The minimum Gasteiger partial charge on any atom is -0.469 e. The third-order valence-electron chi connectivity index (χ3n) is 3.59. The first-order chi connectivity index (χ1) is 9.72. The number of carbonyl (C=O) groups excluding carboxylic acids is 1. The van der Waals surface area contributed by atoms with Crippen molar-refractivity contribution >= 4 is 11.8 Å². The van der Waals surface area contributed by atoms with Gasteiger partial charge in [0.15, 0.2) is 0 Å². The third-order valence-corrected chi connectivity index (χ3v) is 3.59. The number of carbonyl (C=O) groups is 1. The average molecular weight is 277 g/mol. The van der Waals surface area contributed by atoms with Crippen molar-refractivity contribution in [3.63, 3.8) is 0 Å². The van der Waals surface area contributed by atoms with E-state index in [4.69, 9.17) is 4.74 Å². The monoisotopic (exact) mass is 277 g/mol. The lowest BCUT2D eigenvalue weighted by molar-refractivity contribution is -0.144. The Kier molecular flexibility index (Phi) is 5.35. The van der Waals surface area contributed by atoms with Crippen LogP contribution in [0.2, 0.25) is 0 Å². The van der Waals surface area contributed by atoms with E-state index in [1.165, 1.54) is 12.7 Å². The summed E-state index contributed by atoms with van der Waals surface area (Å²) in [5, 5.41) is 3.29. The maximum absolute atomic E-state index is 11.5. The fourth-order valence-corrected chi connectivity index (χ4v) is 2.52. The second kappa shape index (κ2) is 7.24. The number of methoxy groups -OCH3 is 1. The number of pyridine rings is 1. The summed E-state index contributed by atoms with van der Waals surface area (Å²) in [6, 6.07) is 4.11. The zero-order valence-corrected chi connectivity index (χ0v) is 12.3. The highest BCUT2D eigenvalue weighted by atomic mass is 16.5. The standard InChI is InChI=1S/C15H23N3O2/c1-3-6-16-14-9-12(4-7-17-14)10-18-8-5-13(11-18)15(19)20-2/h4,7,9,13H,3,5-6,8,10-11H2,1-2H3,(H,16,17). The van der Waals surface area contributed by atoms with Crippen molar-refractivity contribution in [3.05, 3.63) is 23.9 Å². The Hall–Kier alpha value is -1.62. The van der Waals surface area contributed by atoms with E-state index in [0.717, 1.165) is 44.8 Å². The van der Waals surface area contributed by atoms with Crippen LogP contribution in [0, 0.1) is 5.92 Å². The maximum atomic E-state index is 11.5. The minimum atomic E-state index is -0.0903. The molecule has 1 saturated heterocycles. The van der Waals surface area contributed by atoms with Crippen LogP contribution in [0.15, 0.2) is 18.3 Å². The van der Waals surface area contributed by atoms with Crippen molar-refractivity contribution in [2.24, 2.45) is 5.92 Å². The van der Waals surface area contributed by atoms with Crippen LogP contribution in [0.3, 0.4) is 0 Å². The summed E-state index contributed by atoms with van der Waals surface area (Å²) in [5.74, 6) is 0.861. The Labute approximate surface area is 120 Å². The molecule has 2 heterocycles. The number of rotatable bonds is 6. The fourth-order valence-electron chi connectivity index (χ4n) is 2.52. The van der Waals surface area contributed by atoms with Crippen molar-refractivity contribution in [2.45, 2.75) is 26.3 Å². The maximum Gasteiger partial charge on any atom is 0.310 e. The predicted molar refractivity (Wildman–Crippen MR) is 78.4 cm³/mol. The first kappa shape index (κ1) is 14.8. The summed E-state index contributed by atoms with van der Waals surface area (Å²) in [6.07, 6.45) is 3.80. The SMILES string of the molecule is CCCNc1cc(CN2CCC(C(=O)OC)C2)ccn1. The van der Waals surface area contributed by atoms with E-state index in [1.807, 2.05) is 12.3 Å². The number of aromatic nitrogens is 1. The molecule has 1 aromatic rings. The lowest BCUT2D eigenvalue weighted by Gasteiger charge is -2.16. The van der Waals surface area contributed by atoms with Gasteiger partial charge in [0.2, 0.25) is 0 Å². The summed E-state index contributed by atoms with van der Waals surface area (Å²) in [5.41, 5.74) is 1.23. The molecule has 5 nitrogen and oxygen atoms in total. The molecule has 1 aromatic heterocycles. The minimum absolute atomic E-state index is 0.0273. The second-order valence-corrected chi connectivity index (χ2v) is 5.22. The number of likely N-dealkylation sites (tertiary alicyclic amines) is 1. The summed E-state index contributed by atoms with van der Waals surface area (Å²) in [6.45, 7) is 5.65. The summed E-state index contributed by atoms with van der Waals surface area (Å²) in [4.78, 5) is 18.1. The molecular formula is C15H23N3O2. The van der Waals surface area contributed by atoms with Crippen molar-refractivity contribution in [2.75, 3.05) is 32.1 Å². The van der Waals surface area contributed by atoms with Gasteiger partial charge in [-0.15, -0.1) is 0 Å². The van der Waals surface area contributed by atoms with Gasteiger partial charge in [0.05, 0.1) is 13.0 Å². The van der Waals surface area contributed by atoms with Crippen LogP contribution < -0.4 is 5.32 Å². The molecule has 20 heavy (non-hydrogen) atoms. The van der Waals surface area contributed by atoms with Crippen LogP contribution in [0.5, 0.6) is 0 Å². The molecule has 0 radical (unpaired) electrons. The lowest BCUT2D eigenvalue weighted by Crippen LogP contribution is -2.23. The first-order valence-corrected chi connectivity index (χ1v) is 7.22. The molecule has 5 heteroatoms. The molecule has 1 aliphatic rings. The fraction of sp³-hybridized carbons (Fsp3) is 0.600. The molecule has 2 rings (SSSR count). The van der Waals surface area contributed by atoms with Gasteiger partial charge in [-0.2, -0.15) is 0 Å². The highest BCUT2D eigenvalue weighted by Crippen LogP contribution is 2.20. The second-order valence-electron chi connectivity index (χ2n) is 5.22. The highest BCUT2D eigenvalue weighted by Gasteiger charge is 2.28. The molecule has 1 N–H and O–H groups in total. The van der Waals surface area contributed by atoms with Crippen LogP contribution >= 0.6 is 0 Å². The quantitative estimate of drug-likeness (QED) is 0.805. The van der Waals surface area contributed by atoms with Gasteiger partial charge in [0, 0.05) is 25.8 Å². The topological polar surface area (TPSA) is 54.5 Å². The zero-order valence-electron chi connectivity index (χ0n) is 12.3. The van der Waals surface area contributed by atoms with Crippen molar-refractivity contribution in [1.29, 1.82) is 0 Å². The lowest BCUT2D eigenvalue weighted by atomic mass is 10.1. The molecule has 0 amide bonds. The van der Waals surface area contributed by atoms with E-state index in [2.05, 4.69) is 28.2 Å². The van der Waals surface area contributed by atoms with E-state index < -0.39 is 0 Å². The Bertz CT molecular complexity index is 450. The molecule has 1 aliphatic heterocycles. The van der Waals surface area contributed by atoms with E-state index in [1.54, 1.807) is 0 Å². The van der Waals surface area contributed by atoms with Crippen LogP contribution in [-0.4, -0.2) is 42.6 Å². The average Bonchev–Trinajstić information content (AvgIpc) is 2.93. The number of hydrogen-bond donors (Lipinski definition) is 1. The number of hydrogen-bond acceptors (Lipinski definition) is 5. The van der Waals surface area contributed by atoms with E-state index in [-0.39, 0.29) is 11.9 Å². The van der Waals surface area contributed by atoms with Crippen molar-refractivity contribution < 1.29 is 9.53 Å². The van der Waals surface area contributed by atoms with Crippen LogP contribution in [0.25, 0.3) is 0 Å². The smallest absolute Gasteiger partial charge is 0.310 e. The highest BCUT2D eigenvalue weighted by molar-refractivity contribution is 5.72. The Morgan fingerprint density at radius 2 is 2.45 bits per heavy atom. The van der Waals surface area contributed by atoms with Crippen LogP contribution in [-0.2, 0) is 16.1 Å².